The highest BCUT2D eigenvalue weighted by molar-refractivity contribution is 5.94. The normalized spacial score (nSPS) is 13.3. The average Bonchev–Trinajstić information content (AvgIpc) is 3.10. The molecule has 2 aromatic rings. The Morgan fingerprint density at radius 3 is 2.36 bits per heavy atom. The topological polar surface area (TPSA) is 66.6 Å². The molecule has 0 aliphatic carbocycles. The van der Waals surface area contributed by atoms with Gasteiger partial charge in [-0.15, -0.1) is 12.4 Å². The summed E-state index contributed by atoms with van der Waals surface area (Å²) in [5, 5.41) is 0. The molecule has 0 saturated carbocycles. The number of nitrogens with zero attached hydrogens (tertiary/aromatic N) is 2. The van der Waals surface area contributed by atoms with E-state index in [-0.39, 0.29) is 24.2 Å². The van der Waals surface area contributed by atoms with Gasteiger partial charge in [-0.2, -0.15) is 0 Å². The molecule has 2 aromatic carbocycles. The highest BCUT2D eigenvalue weighted by Gasteiger charge is 2.20. The molecule has 6 heteroatoms. The Kier molecular flexibility index (Phi) is 8.48. The van der Waals surface area contributed by atoms with Crippen LogP contribution in [0.1, 0.15) is 40.7 Å². The highest BCUT2D eigenvalue weighted by Crippen LogP contribution is 2.16. The van der Waals surface area contributed by atoms with Gasteiger partial charge < -0.3 is 15.5 Å². The summed E-state index contributed by atoms with van der Waals surface area (Å²) in [6.07, 6.45) is 2.35. The lowest BCUT2D eigenvalue weighted by molar-refractivity contribution is -0.128. The third kappa shape index (κ3) is 5.81. The molecule has 1 saturated heterocycles. The Balaban J connectivity index is 0.00000280. The van der Waals surface area contributed by atoms with Gasteiger partial charge in [-0.05, 0) is 42.6 Å². The summed E-state index contributed by atoms with van der Waals surface area (Å²) in [4.78, 5) is 28.5. The number of likely N-dealkylation sites (tertiary alicyclic amines) is 1. The minimum absolute atomic E-state index is 0. The van der Waals surface area contributed by atoms with Gasteiger partial charge in [0.25, 0.3) is 5.91 Å². The van der Waals surface area contributed by atoms with Gasteiger partial charge in [0.1, 0.15) is 0 Å². The molecule has 1 heterocycles. The second-order valence-corrected chi connectivity index (χ2v) is 6.97. The van der Waals surface area contributed by atoms with Crippen LogP contribution in [0.25, 0.3) is 0 Å². The molecule has 2 N–H and O–H groups in total. The summed E-state index contributed by atoms with van der Waals surface area (Å²) >= 11 is 0. The quantitative estimate of drug-likeness (QED) is 0.738. The van der Waals surface area contributed by atoms with Crippen molar-refractivity contribution in [2.45, 2.75) is 32.4 Å². The van der Waals surface area contributed by atoms with Crippen LogP contribution in [0.2, 0.25) is 0 Å². The van der Waals surface area contributed by atoms with E-state index in [4.69, 9.17) is 5.73 Å². The molecule has 1 aliphatic heterocycles. The maximum absolute atomic E-state index is 13.0. The molecule has 150 valence electrons. The van der Waals surface area contributed by atoms with Crippen LogP contribution in [0.3, 0.4) is 0 Å². The largest absolute Gasteiger partial charge is 0.338 e. The van der Waals surface area contributed by atoms with Crippen molar-refractivity contribution < 1.29 is 9.59 Å². The Hall–Kier alpha value is -2.37. The predicted molar refractivity (Wildman–Crippen MR) is 113 cm³/mol. The van der Waals surface area contributed by atoms with Crippen molar-refractivity contribution in [2.24, 2.45) is 5.73 Å². The number of nitrogens with two attached hydrogens (primary N) is 1. The number of hydrogen-bond acceptors (Lipinski definition) is 3. The van der Waals surface area contributed by atoms with Crippen LogP contribution in [0.15, 0.2) is 54.6 Å². The summed E-state index contributed by atoms with van der Waals surface area (Å²) in [5.41, 5.74) is 8.47. The fraction of sp³-hybridized carbons (Fsp3) is 0.364. The predicted octanol–water partition coefficient (Wildman–Crippen LogP) is 3.22. The van der Waals surface area contributed by atoms with Crippen LogP contribution in [0.5, 0.6) is 0 Å². The van der Waals surface area contributed by atoms with Crippen molar-refractivity contribution in [3.8, 4) is 0 Å². The minimum atomic E-state index is 0. The first-order chi connectivity index (χ1) is 13.2. The molecule has 0 atom stereocenters. The maximum atomic E-state index is 13.0. The van der Waals surface area contributed by atoms with E-state index >= 15 is 0 Å². The Labute approximate surface area is 172 Å². The van der Waals surface area contributed by atoms with Crippen LogP contribution in [0, 0.1) is 0 Å². The monoisotopic (exact) mass is 401 g/mol. The summed E-state index contributed by atoms with van der Waals surface area (Å²) in [7, 11) is 0. The number of hydrogen-bond donors (Lipinski definition) is 1. The number of halogens is 1. The molecule has 0 aromatic heterocycles. The van der Waals surface area contributed by atoms with Crippen molar-refractivity contribution in [2.75, 3.05) is 19.6 Å². The molecular weight excluding hydrogens is 374 g/mol. The van der Waals surface area contributed by atoms with E-state index in [1.807, 2.05) is 64.4 Å². The molecule has 28 heavy (non-hydrogen) atoms. The summed E-state index contributed by atoms with van der Waals surface area (Å²) in [6.45, 7) is 3.21. The number of carbonyl (C=O) groups is 2. The van der Waals surface area contributed by atoms with E-state index in [2.05, 4.69) is 0 Å². The Morgan fingerprint density at radius 1 is 1.04 bits per heavy atom. The Morgan fingerprint density at radius 2 is 1.75 bits per heavy atom. The van der Waals surface area contributed by atoms with Gasteiger partial charge in [0.15, 0.2) is 0 Å². The lowest BCUT2D eigenvalue weighted by atomic mass is 10.1. The fourth-order valence-corrected chi connectivity index (χ4v) is 3.37. The summed E-state index contributed by atoms with van der Waals surface area (Å²) in [6, 6.07) is 17.6. The molecule has 1 fully saturated rings. The first kappa shape index (κ1) is 21.9. The van der Waals surface area contributed by atoms with Crippen molar-refractivity contribution >= 4 is 24.2 Å². The molecule has 0 radical (unpaired) electrons. The van der Waals surface area contributed by atoms with Crippen molar-refractivity contribution in [3.05, 3.63) is 71.3 Å². The van der Waals surface area contributed by atoms with E-state index in [1.165, 1.54) is 0 Å². The molecule has 0 spiro atoms. The second kappa shape index (κ2) is 10.8. The molecule has 1 aliphatic rings. The minimum Gasteiger partial charge on any atom is -0.338 e. The number of amides is 2. The van der Waals surface area contributed by atoms with Crippen LogP contribution in [0.4, 0.5) is 0 Å². The van der Waals surface area contributed by atoms with Crippen LogP contribution < -0.4 is 5.73 Å². The van der Waals surface area contributed by atoms with Crippen molar-refractivity contribution in [3.63, 3.8) is 0 Å². The highest BCUT2D eigenvalue weighted by atomic mass is 35.5. The average molecular weight is 402 g/mol. The molecular formula is C22H28ClN3O2. The van der Waals surface area contributed by atoms with Gasteiger partial charge in [-0.25, -0.2) is 0 Å². The standard InChI is InChI=1S/C22H27N3O2.ClH/c23-13-5-15-25(17-18-6-2-1-3-7-18)22(27)20-11-9-19(10-12-20)16-24-14-4-8-21(24)26;/h1-3,6-7,9-12H,4-5,8,13-17,23H2;1H. The van der Waals surface area contributed by atoms with Gasteiger partial charge in [-0.1, -0.05) is 42.5 Å². The van der Waals surface area contributed by atoms with Gasteiger partial charge >= 0.3 is 0 Å². The molecule has 2 amide bonds. The second-order valence-electron chi connectivity index (χ2n) is 6.97. The zero-order chi connectivity index (χ0) is 19.1. The summed E-state index contributed by atoms with van der Waals surface area (Å²) in [5.74, 6) is 0.224. The zero-order valence-electron chi connectivity index (χ0n) is 16.0. The first-order valence-corrected chi connectivity index (χ1v) is 9.57. The van der Waals surface area contributed by atoms with Crippen LogP contribution in [-0.2, 0) is 17.9 Å². The van der Waals surface area contributed by atoms with Crippen LogP contribution >= 0.6 is 12.4 Å². The van der Waals surface area contributed by atoms with E-state index in [0.29, 0.717) is 38.2 Å². The molecule has 0 unspecified atom stereocenters. The van der Waals surface area contributed by atoms with E-state index < -0.39 is 0 Å². The van der Waals surface area contributed by atoms with Crippen molar-refractivity contribution in [1.82, 2.24) is 9.80 Å². The fourth-order valence-electron chi connectivity index (χ4n) is 3.37. The lowest BCUT2D eigenvalue weighted by Gasteiger charge is -2.23. The van der Waals surface area contributed by atoms with E-state index in [9.17, 15) is 9.59 Å². The van der Waals surface area contributed by atoms with Crippen molar-refractivity contribution in [1.29, 1.82) is 0 Å². The number of benzene rings is 2. The number of carbonyl (C=O) groups excluding carboxylic acids is 2. The smallest absolute Gasteiger partial charge is 0.254 e. The lowest BCUT2D eigenvalue weighted by Crippen LogP contribution is -2.32. The zero-order valence-corrected chi connectivity index (χ0v) is 16.9. The van der Waals surface area contributed by atoms with Gasteiger partial charge in [-0.3, -0.25) is 9.59 Å². The maximum Gasteiger partial charge on any atom is 0.254 e. The molecule has 3 rings (SSSR count). The third-order valence-corrected chi connectivity index (χ3v) is 4.88. The van der Waals surface area contributed by atoms with Gasteiger partial charge in [0.05, 0.1) is 0 Å². The molecule has 5 nitrogen and oxygen atoms in total. The van der Waals surface area contributed by atoms with Gasteiger partial charge in [0, 0.05) is 38.2 Å². The summed E-state index contributed by atoms with van der Waals surface area (Å²) < 4.78 is 0. The number of rotatable bonds is 8. The SMILES string of the molecule is Cl.NCCCN(Cc1ccccc1)C(=O)c1ccc(CN2CCCC2=O)cc1. The van der Waals surface area contributed by atoms with Gasteiger partial charge in [0.2, 0.25) is 5.91 Å². The Bertz CT molecular complexity index is 765. The first-order valence-electron chi connectivity index (χ1n) is 9.57. The molecule has 0 bridgehead atoms. The van der Waals surface area contributed by atoms with Crippen LogP contribution in [-0.4, -0.2) is 41.2 Å². The van der Waals surface area contributed by atoms with E-state index in [1.54, 1.807) is 0 Å². The third-order valence-electron chi connectivity index (χ3n) is 4.88. The van der Waals surface area contributed by atoms with E-state index in [0.717, 1.165) is 30.5 Å².